The number of nitrogens with two attached hydrogens (primary N) is 1. The van der Waals surface area contributed by atoms with Crippen LogP contribution in [-0.4, -0.2) is 42.0 Å². The number of nitrogens with one attached hydrogen (secondary N) is 1. The molecule has 1 fully saturated rings. The first-order valence-corrected chi connectivity index (χ1v) is 5.37. The third kappa shape index (κ3) is 2.57. The summed E-state index contributed by atoms with van der Waals surface area (Å²) in [5.41, 5.74) is 2.64. The Morgan fingerprint density at radius 2 is 2.25 bits per heavy atom. The molecule has 0 atom stereocenters. The van der Waals surface area contributed by atoms with Gasteiger partial charge >= 0.3 is 0 Å². The standard InChI is InChI=1S/C7H16N4S/c1-2-9-7(10-8)11-3-5-12-6-4-11/h2-6,8H2,1H3,(H,9,10). The van der Waals surface area contributed by atoms with Gasteiger partial charge in [-0.25, -0.2) is 5.84 Å². The van der Waals surface area contributed by atoms with Gasteiger partial charge in [-0.2, -0.15) is 11.8 Å². The zero-order valence-electron chi connectivity index (χ0n) is 7.42. The van der Waals surface area contributed by atoms with Crippen molar-refractivity contribution in [3.05, 3.63) is 0 Å². The van der Waals surface area contributed by atoms with E-state index in [2.05, 4.69) is 15.3 Å². The van der Waals surface area contributed by atoms with Gasteiger partial charge in [-0.3, -0.25) is 10.4 Å². The molecule has 0 saturated carbocycles. The quantitative estimate of drug-likeness (QED) is 0.261. The summed E-state index contributed by atoms with van der Waals surface area (Å²) in [6.07, 6.45) is 0. The molecule has 3 N–H and O–H groups in total. The van der Waals surface area contributed by atoms with E-state index in [4.69, 9.17) is 5.84 Å². The van der Waals surface area contributed by atoms with Crippen LogP contribution < -0.4 is 11.3 Å². The highest BCUT2D eigenvalue weighted by atomic mass is 32.2. The Morgan fingerprint density at radius 1 is 1.58 bits per heavy atom. The highest BCUT2D eigenvalue weighted by Crippen LogP contribution is 2.08. The molecule has 1 saturated heterocycles. The van der Waals surface area contributed by atoms with E-state index in [-0.39, 0.29) is 0 Å². The van der Waals surface area contributed by atoms with Crippen molar-refractivity contribution in [2.75, 3.05) is 31.1 Å². The number of thioether (sulfide) groups is 1. The number of rotatable bonds is 1. The van der Waals surface area contributed by atoms with E-state index < -0.39 is 0 Å². The van der Waals surface area contributed by atoms with Gasteiger partial charge in [0.1, 0.15) is 0 Å². The third-order valence-electron chi connectivity index (χ3n) is 1.75. The van der Waals surface area contributed by atoms with Crippen molar-refractivity contribution in [3.8, 4) is 0 Å². The molecule has 0 aromatic carbocycles. The molecule has 12 heavy (non-hydrogen) atoms. The van der Waals surface area contributed by atoms with E-state index in [9.17, 15) is 0 Å². The van der Waals surface area contributed by atoms with Gasteiger partial charge in [0.25, 0.3) is 0 Å². The van der Waals surface area contributed by atoms with Gasteiger partial charge in [0.15, 0.2) is 0 Å². The minimum atomic E-state index is 0.781. The van der Waals surface area contributed by atoms with Crippen molar-refractivity contribution in [1.29, 1.82) is 0 Å². The molecule has 1 aliphatic rings. The summed E-state index contributed by atoms with van der Waals surface area (Å²) in [6, 6.07) is 0. The van der Waals surface area contributed by atoms with Crippen molar-refractivity contribution >= 4 is 17.7 Å². The molecular formula is C7H16N4S. The Balaban J connectivity index is 2.46. The van der Waals surface area contributed by atoms with Crippen LogP contribution in [0.3, 0.4) is 0 Å². The van der Waals surface area contributed by atoms with Gasteiger partial charge in [0, 0.05) is 31.1 Å². The average Bonchev–Trinajstić information content (AvgIpc) is 2.15. The fourth-order valence-electron chi connectivity index (χ4n) is 1.16. The summed E-state index contributed by atoms with van der Waals surface area (Å²) in [5, 5.41) is 0. The second-order valence-electron chi connectivity index (χ2n) is 2.54. The van der Waals surface area contributed by atoms with E-state index in [0.29, 0.717) is 0 Å². The minimum Gasteiger partial charge on any atom is -0.340 e. The molecule has 0 radical (unpaired) electrons. The van der Waals surface area contributed by atoms with Gasteiger partial charge < -0.3 is 4.90 Å². The molecule has 4 nitrogen and oxygen atoms in total. The monoisotopic (exact) mass is 188 g/mol. The Kier molecular flexibility index (Phi) is 4.24. The number of hydrogen-bond donors (Lipinski definition) is 2. The van der Waals surface area contributed by atoms with Crippen molar-refractivity contribution in [2.45, 2.75) is 6.92 Å². The van der Waals surface area contributed by atoms with E-state index in [1.54, 1.807) is 0 Å². The Morgan fingerprint density at radius 3 is 2.75 bits per heavy atom. The summed E-state index contributed by atoms with van der Waals surface area (Å²) in [5.74, 6) is 8.53. The van der Waals surface area contributed by atoms with E-state index in [1.165, 1.54) is 11.5 Å². The molecule has 0 aliphatic carbocycles. The first kappa shape index (κ1) is 9.67. The van der Waals surface area contributed by atoms with Crippen LogP contribution >= 0.6 is 11.8 Å². The van der Waals surface area contributed by atoms with Crippen molar-refractivity contribution in [2.24, 2.45) is 10.8 Å². The van der Waals surface area contributed by atoms with Crippen molar-refractivity contribution in [1.82, 2.24) is 10.3 Å². The maximum Gasteiger partial charge on any atom is 0.208 e. The number of hydrogen-bond acceptors (Lipinski definition) is 3. The first-order valence-electron chi connectivity index (χ1n) is 4.22. The molecule has 5 heteroatoms. The summed E-state index contributed by atoms with van der Waals surface area (Å²) in [4.78, 5) is 6.46. The smallest absolute Gasteiger partial charge is 0.208 e. The lowest BCUT2D eigenvalue weighted by Crippen LogP contribution is -2.48. The van der Waals surface area contributed by atoms with Gasteiger partial charge in [-0.15, -0.1) is 0 Å². The molecule has 1 rings (SSSR count). The molecule has 70 valence electrons. The van der Waals surface area contributed by atoms with E-state index in [1.807, 2.05) is 18.7 Å². The Hall–Kier alpha value is -0.420. The SMILES string of the molecule is CCN=C(NN)N1CCSCC1. The largest absolute Gasteiger partial charge is 0.340 e. The highest BCUT2D eigenvalue weighted by molar-refractivity contribution is 7.99. The molecule has 1 heterocycles. The molecule has 1 aliphatic heterocycles. The van der Waals surface area contributed by atoms with E-state index in [0.717, 1.165) is 25.6 Å². The summed E-state index contributed by atoms with van der Waals surface area (Å²) < 4.78 is 0. The normalized spacial score (nSPS) is 19.5. The second kappa shape index (κ2) is 5.27. The maximum absolute atomic E-state index is 5.36. The van der Waals surface area contributed by atoms with Crippen LogP contribution in [0.25, 0.3) is 0 Å². The van der Waals surface area contributed by atoms with Crippen LogP contribution in [0.5, 0.6) is 0 Å². The molecule has 0 aromatic rings. The van der Waals surface area contributed by atoms with Crippen LogP contribution in [0.2, 0.25) is 0 Å². The number of nitrogens with zero attached hydrogens (tertiary/aromatic N) is 2. The lowest BCUT2D eigenvalue weighted by Gasteiger charge is -2.28. The van der Waals surface area contributed by atoms with Crippen molar-refractivity contribution < 1.29 is 0 Å². The lowest BCUT2D eigenvalue weighted by atomic mass is 10.5. The number of aliphatic imine (C=N–C) groups is 1. The zero-order chi connectivity index (χ0) is 8.81. The highest BCUT2D eigenvalue weighted by Gasteiger charge is 2.12. The summed E-state index contributed by atoms with van der Waals surface area (Å²) in [6.45, 7) is 4.89. The van der Waals surface area contributed by atoms with Gasteiger partial charge in [-0.05, 0) is 6.92 Å². The van der Waals surface area contributed by atoms with Gasteiger partial charge in [0.05, 0.1) is 0 Å². The minimum absolute atomic E-state index is 0.781. The molecule has 0 bridgehead atoms. The van der Waals surface area contributed by atoms with Gasteiger partial charge in [0.2, 0.25) is 5.96 Å². The molecule has 0 aromatic heterocycles. The second-order valence-corrected chi connectivity index (χ2v) is 3.77. The Bertz CT molecular complexity index is 153. The van der Waals surface area contributed by atoms with Crippen molar-refractivity contribution in [3.63, 3.8) is 0 Å². The van der Waals surface area contributed by atoms with Crippen LogP contribution in [0.4, 0.5) is 0 Å². The molecule has 0 unspecified atom stereocenters. The predicted octanol–water partition coefficient (Wildman–Crippen LogP) is -0.126. The van der Waals surface area contributed by atoms with Crippen LogP contribution in [0, 0.1) is 0 Å². The summed E-state index contributed by atoms with van der Waals surface area (Å²) >= 11 is 1.98. The van der Waals surface area contributed by atoms with Crippen LogP contribution in [-0.2, 0) is 0 Å². The van der Waals surface area contributed by atoms with Gasteiger partial charge in [-0.1, -0.05) is 0 Å². The van der Waals surface area contributed by atoms with E-state index >= 15 is 0 Å². The molecular weight excluding hydrogens is 172 g/mol. The summed E-state index contributed by atoms with van der Waals surface area (Å²) in [7, 11) is 0. The third-order valence-corrected chi connectivity index (χ3v) is 2.69. The van der Waals surface area contributed by atoms with Crippen LogP contribution in [0.1, 0.15) is 6.92 Å². The first-order chi connectivity index (χ1) is 5.88. The lowest BCUT2D eigenvalue weighted by molar-refractivity contribution is 0.443. The fraction of sp³-hybridized carbons (Fsp3) is 0.857. The maximum atomic E-state index is 5.36. The average molecular weight is 188 g/mol. The fourth-order valence-corrected chi connectivity index (χ4v) is 2.06. The topological polar surface area (TPSA) is 53.6 Å². The predicted molar refractivity (Wildman–Crippen MR) is 54.2 cm³/mol. The molecule has 0 spiro atoms. The Labute approximate surface area is 77.6 Å². The molecule has 0 amide bonds. The number of guanidine groups is 1. The number of hydrazine groups is 1. The zero-order valence-corrected chi connectivity index (χ0v) is 8.23. The van der Waals surface area contributed by atoms with Crippen LogP contribution in [0.15, 0.2) is 4.99 Å².